The van der Waals surface area contributed by atoms with Crippen LogP contribution in [0.2, 0.25) is 0 Å². The highest BCUT2D eigenvalue weighted by atomic mass is 14.3. The SMILES string of the molecule is C1=C(c2ccccc2)C=C(c2c3c(c(-c4cccc5c4=CCCC=5)c4ccccc24)=CCCC=3)CC1c1ccccc1. The second kappa shape index (κ2) is 10.6. The zero-order valence-electron chi connectivity index (χ0n) is 23.9. The van der Waals surface area contributed by atoms with E-state index in [1.54, 1.807) is 0 Å². The Morgan fingerprint density at radius 3 is 1.88 bits per heavy atom. The molecule has 0 fully saturated rings. The Balaban J connectivity index is 1.43. The second-order valence-electron chi connectivity index (χ2n) is 11.8. The zero-order chi connectivity index (χ0) is 27.9. The van der Waals surface area contributed by atoms with Crippen molar-refractivity contribution in [2.45, 2.75) is 38.0 Å². The van der Waals surface area contributed by atoms with Crippen LogP contribution in [0.3, 0.4) is 0 Å². The molecule has 0 aromatic heterocycles. The van der Waals surface area contributed by atoms with E-state index >= 15 is 0 Å². The van der Waals surface area contributed by atoms with Crippen molar-refractivity contribution in [3.8, 4) is 11.1 Å². The molecular formula is C42H34. The lowest BCUT2D eigenvalue weighted by molar-refractivity contribution is 0.870. The highest BCUT2D eigenvalue weighted by molar-refractivity contribution is 6.05. The molecule has 3 aliphatic rings. The molecule has 0 saturated heterocycles. The minimum atomic E-state index is 0.328. The predicted octanol–water partition coefficient (Wildman–Crippen LogP) is 7.87. The fourth-order valence-corrected chi connectivity index (χ4v) is 7.37. The van der Waals surface area contributed by atoms with E-state index in [1.807, 2.05) is 0 Å². The van der Waals surface area contributed by atoms with E-state index in [0.29, 0.717) is 5.92 Å². The van der Waals surface area contributed by atoms with Crippen LogP contribution in [0.5, 0.6) is 0 Å². The lowest BCUT2D eigenvalue weighted by Crippen LogP contribution is -2.36. The smallest absolute Gasteiger partial charge is 0.00678 e. The monoisotopic (exact) mass is 538 g/mol. The molecule has 0 saturated carbocycles. The molecule has 0 nitrogen and oxygen atoms in total. The molecule has 0 spiro atoms. The van der Waals surface area contributed by atoms with Crippen molar-refractivity contribution in [3.05, 3.63) is 153 Å². The largest absolute Gasteiger partial charge is 0.0763 e. The van der Waals surface area contributed by atoms with Gasteiger partial charge in [0.1, 0.15) is 0 Å². The predicted molar refractivity (Wildman–Crippen MR) is 180 cm³/mol. The Morgan fingerprint density at radius 1 is 0.500 bits per heavy atom. The minimum Gasteiger partial charge on any atom is -0.0763 e. The molecule has 202 valence electrons. The maximum atomic E-state index is 2.52. The molecule has 0 amide bonds. The summed E-state index contributed by atoms with van der Waals surface area (Å²) in [7, 11) is 0. The molecule has 8 rings (SSSR count). The van der Waals surface area contributed by atoms with Gasteiger partial charge in [-0.2, -0.15) is 0 Å². The average Bonchev–Trinajstić information content (AvgIpc) is 3.07. The molecule has 0 heteroatoms. The van der Waals surface area contributed by atoms with Crippen molar-refractivity contribution in [1.29, 1.82) is 0 Å². The first-order valence-corrected chi connectivity index (χ1v) is 15.4. The molecule has 5 aromatic carbocycles. The minimum absolute atomic E-state index is 0.328. The molecule has 3 aliphatic carbocycles. The summed E-state index contributed by atoms with van der Waals surface area (Å²) in [5, 5.41) is 8.33. The molecule has 0 heterocycles. The van der Waals surface area contributed by atoms with Crippen molar-refractivity contribution < 1.29 is 0 Å². The third-order valence-electron chi connectivity index (χ3n) is 9.25. The number of rotatable bonds is 4. The Hall–Kier alpha value is -4.68. The summed E-state index contributed by atoms with van der Waals surface area (Å²) >= 11 is 0. The van der Waals surface area contributed by atoms with Gasteiger partial charge in [-0.25, -0.2) is 0 Å². The van der Waals surface area contributed by atoms with Crippen LogP contribution in [0.1, 0.15) is 54.7 Å². The molecule has 1 atom stereocenters. The van der Waals surface area contributed by atoms with Gasteiger partial charge in [-0.05, 0) is 103 Å². The highest BCUT2D eigenvalue weighted by Gasteiger charge is 2.23. The van der Waals surface area contributed by atoms with E-state index < -0.39 is 0 Å². The number of allylic oxidation sites excluding steroid dienone is 4. The van der Waals surface area contributed by atoms with Gasteiger partial charge in [0.05, 0.1) is 0 Å². The highest BCUT2D eigenvalue weighted by Crippen LogP contribution is 2.40. The molecule has 0 aliphatic heterocycles. The standard InChI is InChI=1S/C42H34/c1-3-14-29(15-4-1)32-26-33(30-16-5-2-6-17-30)28-34(27-32)41-37-21-9-11-23-39(37)42(40-24-12-10-22-38(40)41)36-25-13-19-31-18-7-8-20-35(31)36/h1-6,9,11,13-27,33H,7-8,10,12,28H2. The third-order valence-corrected chi connectivity index (χ3v) is 9.25. The maximum Gasteiger partial charge on any atom is 0.00678 e. The van der Waals surface area contributed by atoms with Crippen LogP contribution in [0.25, 0.3) is 57.3 Å². The molecule has 42 heavy (non-hydrogen) atoms. The first-order chi connectivity index (χ1) is 20.8. The Labute approximate surface area is 247 Å². The van der Waals surface area contributed by atoms with Crippen LogP contribution in [-0.2, 0) is 0 Å². The number of fused-ring (bicyclic) bond motifs is 3. The molecule has 0 N–H and O–H groups in total. The topological polar surface area (TPSA) is 0 Å². The van der Waals surface area contributed by atoms with Gasteiger partial charge in [0.2, 0.25) is 0 Å². The Bertz CT molecular complexity index is 2140. The van der Waals surface area contributed by atoms with Crippen LogP contribution in [0.15, 0.2) is 115 Å². The molecule has 0 radical (unpaired) electrons. The lowest BCUT2D eigenvalue weighted by atomic mass is 9.78. The maximum absolute atomic E-state index is 2.52. The zero-order valence-corrected chi connectivity index (χ0v) is 23.9. The van der Waals surface area contributed by atoms with Crippen LogP contribution >= 0.6 is 0 Å². The first-order valence-electron chi connectivity index (χ1n) is 15.4. The van der Waals surface area contributed by atoms with Crippen molar-refractivity contribution in [2.24, 2.45) is 0 Å². The van der Waals surface area contributed by atoms with Crippen LogP contribution in [0, 0.1) is 0 Å². The summed E-state index contributed by atoms with van der Waals surface area (Å²) in [6.45, 7) is 0. The van der Waals surface area contributed by atoms with Gasteiger partial charge in [-0.1, -0.05) is 140 Å². The Morgan fingerprint density at radius 2 is 1.12 bits per heavy atom. The van der Waals surface area contributed by atoms with Crippen molar-refractivity contribution in [2.75, 3.05) is 0 Å². The van der Waals surface area contributed by atoms with E-state index in [4.69, 9.17) is 0 Å². The van der Waals surface area contributed by atoms with Gasteiger partial charge in [0.15, 0.2) is 0 Å². The lowest BCUT2D eigenvalue weighted by Gasteiger charge is -2.26. The molecule has 5 aromatic rings. The molecular weight excluding hydrogens is 504 g/mol. The van der Waals surface area contributed by atoms with Crippen molar-refractivity contribution in [3.63, 3.8) is 0 Å². The van der Waals surface area contributed by atoms with Crippen LogP contribution in [0.4, 0.5) is 0 Å². The van der Waals surface area contributed by atoms with E-state index in [-0.39, 0.29) is 0 Å². The van der Waals surface area contributed by atoms with E-state index in [0.717, 1.165) is 32.1 Å². The first kappa shape index (κ1) is 25.1. The summed E-state index contributed by atoms with van der Waals surface area (Å²) in [5.74, 6) is 0.328. The Kier molecular flexibility index (Phi) is 6.34. The average molecular weight is 539 g/mol. The molecule has 0 bridgehead atoms. The summed E-state index contributed by atoms with van der Waals surface area (Å²) in [6.07, 6.45) is 20.3. The van der Waals surface area contributed by atoms with E-state index in [9.17, 15) is 0 Å². The summed E-state index contributed by atoms with van der Waals surface area (Å²) in [4.78, 5) is 0. The van der Waals surface area contributed by atoms with Crippen molar-refractivity contribution >= 4 is 46.2 Å². The van der Waals surface area contributed by atoms with Gasteiger partial charge in [-0.15, -0.1) is 0 Å². The van der Waals surface area contributed by atoms with Gasteiger partial charge in [-0.3, -0.25) is 0 Å². The van der Waals surface area contributed by atoms with Gasteiger partial charge < -0.3 is 0 Å². The second-order valence-corrected chi connectivity index (χ2v) is 11.8. The number of hydrogen-bond acceptors (Lipinski definition) is 0. The normalized spacial score (nSPS) is 17.4. The number of hydrogen-bond donors (Lipinski definition) is 0. The summed E-state index contributed by atoms with van der Waals surface area (Å²) < 4.78 is 0. The van der Waals surface area contributed by atoms with Crippen LogP contribution in [-0.4, -0.2) is 0 Å². The van der Waals surface area contributed by atoms with Crippen molar-refractivity contribution in [1.82, 2.24) is 0 Å². The fraction of sp³-hybridized carbons (Fsp3) is 0.143. The van der Waals surface area contributed by atoms with E-state index in [1.165, 1.54) is 70.6 Å². The molecule has 1 unspecified atom stereocenters. The fourth-order valence-electron chi connectivity index (χ4n) is 7.37. The third kappa shape index (κ3) is 4.30. The summed E-state index contributed by atoms with van der Waals surface area (Å²) in [6, 6.07) is 38.0. The van der Waals surface area contributed by atoms with Gasteiger partial charge in [0.25, 0.3) is 0 Å². The number of benzene rings is 5. The quantitative estimate of drug-likeness (QED) is 0.218. The van der Waals surface area contributed by atoms with E-state index in [2.05, 4.69) is 140 Å². The van der Waals surface area contributed by atoms with Gasteiger partial charge in [0, 0.05) is 5.92 Å². The van der Waals surface area contributed by atoms with Crippen LogP contribution < -0.4 is 20.9 Å². The summed E-state index contributed by atoms with van der Waals surface area (Å²) in [5.41, 5.74) is 9.61. The van der Waals surface area contributed by atoms with Gasteiger partial charge >= 0.3 is 0 Å².